The summed E-state index contributed by atoms with van der Waals surface area (Å²) in [5.41, 5.74) is 0. The van der Waals surface area contributed by atoms with E-state index in [2.05, 4.69) is 37.2 Å². The highest BCUT2D eigenvalue weighted by Crippen LogP contribution is 1.89. The first-order valence-corrected chi connectivity index (χ1v) is 7.82. The van der Waals surface area contributed by atoms with E-state index in [9.17, 15) is 4.79 Å². The predicted molar refractivity (Wildman–Crippen MR) is 47.8 cm³/mol. The van der Waals surface area contributed by atoms with Gasteiger partial charge in [-0.25, -0.2) is 0 Å². The zero-order valence-electron chi connectivity index (χ0n) is 4.19. The standard InChI is InChI=1S/C3H7NO.I2/c1-4(2)3-5;1-2/h3H,1-2H3;. The Hall–Kier alpha value is 0.930. The number of halogens is 2. The molecule has 1 amide bonds. The summed E-state index contributed by atoms with van der Waals surface area (Å²) in [7, 11) is 3.38. The van der Waals surface area contributed by atoms with E-state index in [1.54, 1.807) is 14.1 Å². The molecule has 0 aromatic heterocycles. The van der Waals surface area contributed by atoms with Crippen LogP contribution in [0.15, 0.2) is 0 Å². The number of hydrogen-bond acceptors (Lipinski definition) is 1. The lowest BCUT2D eigenvalue weighted by Crippen LogP contribution is -2.06. The van der Waals surface area contributed by atoms with Crippen LogP contribution in [-0.4, -0.2) is 25.4 Å². The van der Waals surface area contributed by atoms with Crippen molar-refractivity contribution in [1.82, 2.24) is 4.90 Å². The van der Waals surface area contributed by atoms with Gasteiger partial charge in [0.15, 0.2) is 0 Å². The molecule has 0 aromatic carbocycles. The van der Waals surface area contributed by atoms with E-state index < -0.39 is 0 Å². The second-order valence-corrected chi connectivity index (χ2v) is 1.07. The molecule has 0 spiro atoms. The Kier molecular flexibility index (Phi) is 15.5. The summed E-state index contributed by atoms with van der Waals surface area (Å²) < 4.78 is 0. The molecular weight excluding hydrogens is 320 g/mol. The average molecular weight is 327 g/mol. The van der Waals surface area contributed by atoms with Crippen molar-refractivity contribution in [3.8, 4) is 0 Å². The molecule has 0 bridgehead atoms. The third-order valence-electron chi connectivity index (χ3n) is 0.211. The number of nitrogens with zero attached hydrogens (tertiary/aromatic N) is 1. The SMILES string of the molecule is CN(C)C=O.II. The van der Waals surface area contributed by atoms with Crippen molar-refractivity contribution < 1.29 is 4.79 Å². The van der Waals surface area contributed by atoms with Crippen molar-refractivity contribution in [2.45, 2.75) is 0 Å². The van der Waals surface area contributed by atoms with E-state index in [4.69, 9.17) is 0 Å². The number of rotatable bonds is 1. The number of hydrogen-bond donors (Lipinski definition) is 0. The van der Waals surface area contributed by atoms with Gasteiger partial charge >= 0.3 is 0 Å². The molecule has 0 aliphatic rings. The molecule has 0 unspecified atom stereocenters. The highest BCUT2D eigenvalue weighted by atomic mass is 128. The van der Waals surface area contributed by atoms with Gasteiger partial charge in [-0.3, -0.25) is 4.79 Å². The first-order chi connectivity index (χ1) is 3.27. The fraction of sp³-hybridized carbons (Fsp3) is 0.667. The summed E-state index contributed by atoms with van der Waals surface area (Å²) in [4.78, 5) is 10.9. The van der Waals surface area contributed by atoms with Crippen LogP contribution in [-0.2, 0) is 4.79 Å². The first-order valence-electron chi connectivity index (χ1n) is 1.53. The Bertz CT molecular complexity index is 39.9. The molecular formula is C3H7I2NO. The molecule has 0 heterocycles. The van der Waals surface area contributed by atoms with Gasteiger partial charge in [-0.15, -0.1) is 0 Å². The van der Waals surface area contributed by atoms with Crippen LogP contribution >= 0.6 is 37.2 Å². The highest BCUT2D eigenvalue weighted by Gasteiger charge is 1.68. The summed E-state index contributed by atoms with van der Waals surface area (Å²) in [5.74, 6) is 0. The van der Waals surface area contributed by atoms with Crippen LogP contribution in [0.2, 0.25) is 0 Å². The summed E-state index contributed by atoms with van der Waals surface area (Å²) >= 11 is 4.24. The second-order valence-electron chi connectivity index (χ2n) is 1.07. The molecule has 0 rings (SSSR count). The zero-order chi connectivity index (χ0) is 6.28. The van der Waals surface area contributed by atoms with Gasteiger partial charge < -0.3 is 4.90 Å². The molecule has 0 aliphatic carbocycles. The molecule has 0 saturated carbocycles. The number of carbonyl (C=O) groups is 1. The molecule has 7 heavy (non-hydrogen) atoms. The lowest BCUT2D eigenvalue weighted by Gasteiger charge is -1.93. The molecule has 0 N–H and O–H groups in total. The van der Waals surface area contributed by atoms with E-state index in [0.717, 1.165) is 6.41 Å². The fourth-order valence-corrected chi connectivity index (χ4v) is 0. The van der Waals surface area contributed by atoms with Gasteiger partial charge in [-0.05, 0) is 0 Å². The van der Waals surface area contributed by atoms with Gasteiger partial charge in [-0.1, -0.05) is 0 Å². The lowest BCUT2D eigenvalue weighted by molar-refractivity contribution is -0.115. The molecule has 4 heteroatoms. The number of amides is 1. The van der Waals surface area contributed by atoms with Crippen LogP contribution in [0.1, 0.15) is 0 Å². The minimum atomic E-state index is 0.750. The fourth-order valence-electron chi connectivity index (χ4n) is 0. The molecule has 44 valence electrons. The highest BCUT2D eigenvalue weighted by molar-refractivity contribution is 15.0. The maximum absolute atomic E-state index is 9.43. The minimum absolute atomic E-state index is 0.750. The maximum Gasteiger partial charge on any atom is 0.209 e. The van der Waals surface area contributed by atoms with E-state index in [-0.39, 0.29) is 0 Å². The Morgan fingerprint density at radius 1 is 1.43 bits per heavy atom. The van der Waals surface area contributed by atoms with Crippen LogP contribution in [0.5, 0.6) is 0 Å². The van der Waals surface area contributed by atoms with Gasteiger partial charge in [0, 0.05) is 51.3 Å². The van der Waals surface area contributed by atoms with Crippen LogP contribution in [0.3, 0.4) is 0 Å². The van der Waals surface area contributed by atoms with Crippen LogP contribution in [0, 0.1) is 0 Å². The first kappa shape index (κ1) is 10.8. The Morgan fingerprint density at radius 2 is 1.57 bits per heavy atom. The van der Waals surface area contributed by atoms with Crippen molar-refractivity contribution >= 4 is 43.6 Å². The van der Waals surface area contributed by atoms with Crippen molar-refractivity contribution in [3.63, 3.8) is 0 Å². The molecule has 0 fully saturated rings. The average Bonchev–Trinajstić information content (AvgIpc) is 1.73. The summed E-state index contributed by atoms with van der Waals surface area (Å²) in [5, 5.41) is 0. The van der Waals surface area contributed by atoms with Gasteiger partial charge in [0.25, 0.3) is 0 Å². The zero-order valence-corrected chi connectivity index (χ0v) is 8.50. The van der Waals surface area contributed by atoms with E-state index in [1.165, 1.54) is 4.90 Å². The Morgan fingerprint density at radius 3 is 1.57 bits per heavy atom. The quantitative estimate of drug-likeness (QED) is 0.528. The monoisotopic (exact) mass is 327 g/mol. The summed E-state index contributed by atoms with van der Waals surface area (Å²) in [6.07, 6.45) is 0.750. The van der Waals surface area contributed by atoms with Crippen LogP contribution in [0.25, 0.3) is 0 Å². The van der Waals surface area contributed by atoms with Gasteiger partial charge in [0.2, 0.25) is 6.41 Å². The van der Waals surface area contributed by atoms with Crippen molar-refractivity contribution in [2.24, 2.45) is 0 Å². The minimum Gasteiger partial charge on any atom is -0.351 e. The smallest absolute Gasteiger partial charge is 0.209 e. The molecule has 0 radical (unpaired) electrons. The van der Waals surface area contributed by atoms with E-state index in [0.29, 0.717) is 0 Å². The molecule has 0 aromatic rings. The topological polar surface area (TPSA) is 20.3 Å². The van der Waals surface area contributed by atoms with E-state index >= 15 is 0 Å². The maximum atomic E-state index is 9.43. The van der Waals surface area contributed by atoms with Crippen LogP contribution in [0.4, 0.5) is 0 Å². The molecule has 2 nitrogen and oxygen atoms in total. The van der Waals surface area contributed by atoms with Crippen molar-refractivity contribution in [1.29, 1.82) is 0 Å². The number of carbonyl (C=O) groups excluding carboxylic acids is 1. The third kappa shape index (κ3) is 19.6. The third-order valence-corrected chi connectivity index (χ3v) is 0.211. The van der Waals surface area contributed by atoms with Gasteiger partial charge in [0.05, 0.1) is 0 Å². The molecule has 0 atom stereocenters. The summed E-state index contributed by atoms with van der Waals surface area (Å²) in [6.45, 7) is 0. The normalized spacial score (nSPS) is 5.71. The van der Waals surface area contributed by atoms with Crippen molar-refractivity contribution in [2.75, 3.05) is 14.1 Å². The van der Waals surface area contributed by atoms with Gasteiger partial charge in [0.1, 0.15) is 0 Å². The van der Waals surface area contributed by atoms with Crippen molar-refractivity contribution in [3.05, 3.63) is 0 Å². The lowest BCUT2D eigenvalue weighted by atomic mass is 11.0. The second kappa shape index (κ2) is 10.0. The van der Waals surface area contributed by atoms with E-state index in [1.807, 2.05) is 0 Å². The Balaban J connectivity index is 0. The van der Waals surface area contributed by atoms with Gasteiger partial charge in [-0.2, -0.15) is 0 Å². The Labute approximate surface area is 67.0 Å². The largest absolute Gasteiger partial charge is 0.351 e. The van der Waals surface area contributed by atoms with Crippen LogP contribution < -0.4 is 0 Å². The molecule has 0 saturated heterocycles. The predicted octanol–water partition coefficient (Wildman–Crippen LogP) is 1.48. The molecule has 0 aliphatic heterocycles. The summed E-state index contributed by atoms with van der Waals surface area (Å²) in [6, 6.07) is 0.